The summed E-state index contributed by atoms with van der Waals surface area (Å²) in [5.41, 5.74) is 10.9. The van der Waals surface area contributed by atoms with Gasteiger partial charge >= 0.3 is 11.9 Å². The lowest BCUT2D eigenvalue weighted by molar-refractivity contribution is -0.146. The second-order valence-corrected chi connectivity index (χ2v) is 19.4. The van der Waals surface area contributed by atoms with Gasteiger partial charge in [0, 0.05) is 51.9 Å². The number of allylic oxidation sites excluding steroid dienone is 13. The minimum absolute atomic E-state index is 0.117. The Kier molecular flexibility index (Phi) is 16.4. The van der Waals surface area contributed by atoms with E-state index in [2.05, 4.69) is 53.4 Å². The van der Waals surface area contributed by atoms with E-state index in [1.807, 2.05) is 45.1 Å². The van der Waals surface area contributed by atoms with E-state index in [-0.39, 0.29) is 36.6 Å². The molecule has 1 saturated heterocycles. The molecule has 6 aliphatic rings. The molecule has 2 N–H and O–H groups in total. The number of esters is 2. The molecule has 0 aromatic rings. The number of nitrogens with zero attached hydrogens (tertiary/aromatic N) is 3. The topological polar surface area (TPSA) is 139 Å². The van der Waals surface area contributed by atoms with Gasteiger partial charge in [0.05, 0.1) is 47.6 Å². The van der Waals surface area contributed by atoms with E-state index in [4.69, 9.17) is 24.5 Å². The van der Waals surface area contributed by atoms with Crippen molar-refractivity contribution >= 4 is 34.9 Å². The van der Waals surface area contributed by atoms with Crippen molar-refractivity contribution in [1.82, 2.24) is 5.32 Å². The Morgan fingerprint density at radius 2 is 1.58 bits per heavy atom. The van der Waals surface area contributed by atoms with E-state index in [1.165, 1.54) is 57.6 Å². The number of methoxy groups -OCH3 is 1. The largest absolute Gasteiger partial charge is 0.515 e. The lowest BCUT2D eigenvalue weighted by atomic mass is 9.85. The lowest BCUT2D eigenvalue weighted by Gasteiger charge is -2.19. The first kappa shape index (κ1) is 49.1. The molecule has 1 saturated carbocycles. The van der Waals surface area contributed by atoms with Crippen LogP contribution in [0.25, 0.3) is 0 Å². The van der Waals surface area contributed by atoms with Gasteiger partial charge in [0.15, 0.2) is 5.78 Å². The molecule has 0 amide bonds. The molecule has 5 aliphatic heterocycles. The number of ether oxygens (including phenoxy) is 2. The fourth-order valence-corrected chi connectivity index (χ4v) is 10.2. The Hall–Kier alpha value is -5.38. The molecule has 2 fully saturated rings. The number of nitrogens with one attached hydrogen (secondary N) is 1. The molecule has 1 aliphatic carbocycles. The van der Waals surface area contributed by atoms with Crippen molar-refractivity contribution in [3.8, 4) is 0 Å². The second kappa shape index (κ2) is 21.7. The summed E-state index contributed by atoms with van der Waals surface area (Å²) in [4.78, 5) is 56.5. The summed E-state index contributed by atoms with van der Waals surface area (Å²) in [6.07, 6.45) is 22.8. The smallest absolute Gasteiger partial charge is 0.321 e. The zero-order valence-corrected chi connectivity index (χ0v) is 40.7. The highest BCUT2D eigenvalue weighted by Crippen LogP contribution is 2.47. The number of rotatable bonds is 20. The zero-order valence-electron chi connectivity index (χ0n) is 40.7. The number of ketones is 1. The molecular weight excluding hydrogens is 813 g/mol. The van der Waals surface area contributed by atoms with E-state index in [1.54, 1.807) is 6.08 Å². The maximum atomic E-state index is 14.4. The highest BCUT2D eigenvalue weighted by molar-refractivity contribution is 6.42. The molecule has 0 aromatic heterocycles. The van der Waals surface area contributed by atoms with Gasteiger partial charge in [-0.3, -0.25) is 14.4 Å². The average Bonchev–Trinajstić information content (AvgIpc) is 4.02. The summed E-state index contributed by atoms with van der Waals surface area (Å²) >= 11 is 0. The number of aliphatic hydroxyl groups excluding tert-OH is 1. The van der Waals surface area contributed by atoms with Crippen LogP contribution < -0.4 is 5.32 Å². The quantitative estimate of drug-likeness (QED) is 0.0537. The number of fused-ring (bicyclic) bond motifs is 5. The molecule has 0 spiro atoms. The van der Waals surface area contributed by atoms with Crippen molar-refractivity contribution in [2.45, 2.75) is 139 Å². The average molecular weight is 885 g/mol. The highest BCUT2D eigenvalue weighted by Gasteiger charge is 2.52. The summed E-state index contributed by atoms with van der Waals surface area (Å²) < 4.78 is 11.0. The first-order valence-electron chi connectivity index (χ1n) is 24.1. The minimum Gasteiger partial charge on any atom is -0.515 e. The summed E-state index contributed by atoms with van der Waals surface area (Å²) in [7, 11) is 1.28. The van der Waals surface area contributed by atoms with Gasteiger partial charge in [0.2, 0.25) is 0 Å². The molecule has 6 rings (SSSR count). The molecular formula is C55H72N4O6. The van der Waals surface area contributed by atoms with Crippen LogP contribution in [0.1, 0.15) is 139 Å². The van der Waals surface area contributed by atoms with Crippen LogP contribution in [0.5, 0.6) is 0 Å². The lowest BCUT2D eigenvalue weighted by Crippen LogP contribution is -2.26. The highest BCUT2D eigenvalue weighted by atomic mass is 16.5. The Morgan fingerprint density at radius 1 is 0.908 bits per heavy atom. The molecule has 5 heterocycles. The number of Topliss-reactive ketones (excluding diaryl/α,β-unsaturated/α-hetero) is 1. The van der Waals surface area contributed by atoms with E-state index in [9.17, 15) is 19.5 Å². The molecule has 0 radical (unpaired) electrons. The Bertz CT molecular complexity index is 2350. The molecule has 0 aromatic carbocycles. The van der Waals surface area contributed by atoms with Gasteiger partial charge in [-0.25, -0.2) is 15.0 Å². The van der Waals surface area contributed by atoms with E-state index in [0.717, 1.165) is 59.2 Å². The van der Waals surface area contributed by atoms with Crippen LogP contribution in [-0.2, 0) is 23.9 Å². The summed E-state index contributed by atoms with van der Waals surface area (Å²) in [6, 6.07) is 0. The van der Waals surface area contributed by atoms with E-state index >= 15 is 0 Å². The van der Waals surface area contributed by atoms with Crippen molar-refractivity contribution < 1.29 is 29.0 Å². The van der Waals surface area contributed by atoms with Gasteiger partial charge in [0.1, 0.15) is 12.5 Å². The Morgan fingerprint density at radius 3 is 2.23 bits per heavy atom. The van der Waals surface area contributed by atoms with Crippen molar-refractivity contribution in [2.24, 2.45) is 50.5 Å². The summed E-state index contributed by atoms with van der Waals surface area (Å²) in [6.45, 7) is 23.7. The molecule has 8 bridgehead atoms. The van der Waals surface area contributed by atoms with Crippen LogP contribution in [0.4, 0.5) is 0 Å². The van der Waals surface area contributed by atoms with Crippen LogP contribution in [-0.4, -0.2) is 53.7 Å². The van der Waals surface area contributed by atoms with Crippen molar-refractivity contribution in [2.75, 3.05) is 13.7 Å². The number of carbonyl (C=O) groups is 3. The van der Waals surface area contributed by atoms with E-state index < -0.39 is 11.9 Å². The van der Waals surface area contributed by atoms with E-state index in [0.29, 0.717) is 75.1 Å². The fraction of sp³-hybridized carbons (Fsp3) is 0.527. The first-order chi connectivity index (χ1) is 31.1. The Balaban J connectivity index is 1.21. The monoisotopic (exact) mass is 885 g/mol. The number of aliphatic imine (C=N–C) groups is 3. The molecule has 10 nitrogen and oxygen atoms in total. The number of carbonyl (C=O) groups excluding carboxylic acids is 3. The predicted octanol–water partition coefficient (Wildman–Crippen LogP) is 12.1. The number of hydrogen-bond donors (Lipinski definition) is 2. The maximum absolute atomic E-state index is 14.4. The Labute approximate surface area is 387 Å². The molecule has 5 atom stereocenters. The van der Waals surface area contributed by atoms with Gasteiger partial charge in [-0.1, -0.05) is 105 Å². The van der Waals surface area contributed by atoms with Crippen molar-refractivity contribution in [3.63, 3.8) is 0 Å². The van der Waals surface area contributed by atoms with Crippen LogP contribution >= 0.6 is 0 Å². The zero-order chi connectivity index (χ0) is 47.1. The third kappa shape index (κ3) is 10.8. The summed E-state index contributed by atoms with van der Waals surface area (Å²) in [5, 5.41) is 14.2. The minimum atomic E-state index is -1.24. The van der Waals surface area contributed by atoms with Crippen LogP contribution in [0.15, 0.2) is 131 Å². The van der Waals surface area contributed by atoms with Crippen LogP contribution in [0.2, 0.25) is 0 Å². The van der Waals surface area contributed by atoms with Gasteiger partial charge < -0.3 is 19.9 Å². The third-order valence-corrected chi connectivity index (χ3v) is 14.2. The SMILES string of the molecule is C=CC1=C2C=C3N=C(C=C4N=C5C(=C4C)C(=O)[C@H](C(=O)OC)C5=C4NC(=CC(=N2)/C1=C/O)[C@@H](C)[C@@H]4CCC(=O)OC/C=C(\C)CCC[C@H](C)CCC[C@H](C)CCCC(C)C)C(CC)=C3C. The standard InChI is InChI=1S/C55H72N4O6/c1-12-38-35(8)42-27-46-39(13-2)41(30-60)47(57-46)28-43-36(9)40(52(58-43)50-51(55(63)64-11)54(62)49-37(10)44(59-53(49)50)29-45(38)56-42)23-24-48(61)65-26-25-34(7)22-16-21-33(6)20-15-19-32(5)18-14-17-31(3)4/h13,25,27-33,36,40,51,58,60H,2,12,14-24,26H2,1,3-11H3/b34-25+,41-30+,42-27?,43-28?,44-29?,52-50?/t32-,33-,36+,40+,51-/m1/s1. The normalized spacial score (nSPS) is 23.2. The molecule has 10 heteroatoms. The fourth-order valence-electron chi connectivity index (χ4n) is 10.2. The molecule has 348 valence electrons. The molecule has 0 unspecified atom stereocenters. The van der Waals surface area contributed by atoms with Crippen LogP contribution in [0, 0.1) is 35.5 Å². The third-order valence-electron chi connectivity index (χ3n) is 14.2. The molecule has 65 heavy (non-hydrogen) atoms. The second-order valence-electron chi connectivity index (χ2n) is 19.4. The maximum Gasteiger partial charge on any atom is 0.321 e. The van der Waals surface area contributed by atoms with Crippen molar-refractivity contribution in [3.05, 3.63) is 116 Å². The number of aliphatic hydroxyl groups is 1. The predicted molar refractivity (Wildman–Crippen MR) is 262 cm³/mol. The number of hydrogen-bond acceptors (Lipinski definition) is 10. The van der Waals surface area contributed by atoms with Crippen molar-refractivity contribution in [1.29, 1.82) is 0 Å². The van der Waals surface area contributed by atoms with Gasteiger partial charge in [-0.2, -0.15) is 0 Å². The first-order valence-corrected chi connectivity index (χ1v) is 24.1. The van der Waals surface area contributed by atoms with Gasteiger partial charge in [-0.05, 0) is 105 Å². The van der Waals surface area contributed by atoms with Gasteiger partial charge in [0.25, 0.3) is 0 Å². The van der Waals surface area contributed by atoms with Gasteiger partial charge in [-0.15, -0.1) is 0 Å². The summed E-state index contributed by atoms with van der Waals surface area (Å²) in [5.74, 6) is -0.860. The van der Waals surface area contributed by atoms with Crippen LogP contribution in [0.3, 0.4) is 0 Å².